The Hall–Kier alpha value is -0.650. The first-order chi connectivity index (χ1) is 9.08. The Morgan fingerprint density at radius 1 is 1.42 bits per heavy atom. The van der Waals surface area contributed by atoms with Gasteiger partial charge >= 0.3 is 0 Å². The number of amides is 1. The Kier molecular flexibility index (Phi) is 7.34. The van der Waals surface area contributed by atoms with Gasteiger partial charge in [0.2, 0.25) is 5.91 Å². The fourth-order valence-corrected chi connectivity index (χ4v) is 2.59. The second-order valence-electron chi connectivity index (χ2n) is 5.57. The summed E-state index contributed by atoms with van der Waals surface area (Å²) in [6, 6.07) is 0. The van der Waals surface area contributed by atoms with Gasteiger partial charge in [0.1, 0.15) is 0 Å². The largest absolute Gasteiger partial charge is 0.382 e. The fraction of sp³-hybridized carbons (Fsp3) is 0.929. The van der Waals surface area contributed by atoms with E-state index in [2.05, 4.69) is 12.2 Å². The van der Waals surface area contributed by atoms with Gasteiger partial charge in [-0.15, -0.1) is 0 Å². The van der Waals surface area contributed by atoms with E-state index in [9.17, 15) is 4.79 Å². The van der Waals surface area contributed by atoms with Crippen LogP contribution in [0.5, 0.6) is 0 Å². The van der Waals surface area contributed by atoms with Crippen molar-refractivity contribution in [1.29, 1.82) is 0 Å². The van der Waals surface area contributed by atoms with Gasteiger partial charge in [-0.1, -0.05) is 19.8 Å². The third-order valence-corrected chi connectivity index (χ3v) is 3.67. The van der Waals surface area contributed by atoms with Gasteiger partial charge in [0.15, 0.2) is 0 Å². The molecule has 1 fully saturated rings. The van der Waals surface area contributed by atoms with Crippen LogP contribution in [-0.2, 0) is 14.3 Å². The highest BCUT2D eigenvalue weighted by Crippen LogP contribution is 2.30. The molecule has 19 heavy (non-hydrogen) atoms. The first kappa shape index (κ1) is 16.4. The molecular formula is C14H28N2O3. The number of rotatable bonds is 8. The quantitative estimate of drug-likeness (QED) is 0.648. The van der Waals surface area contributed by atoms with Crippen molar-refractivity contribution in [2.75, 3.05) is 33.5 Å². The zero-order valence-corrected chi connectivity index (χ0v) is 12.2. The summed E-state index contributed by atoms with van der Waals surface area (Å²) in [7, 11) is 1.65. The predicted molar refractivity (Wildman–Crippen MR) is 74.9 cm³/mol. The Bertz CT molecular complexity index is 273. The number of nitrogens with two attached hydrogens (primary N) is 1. The zero-order chi connectivity index (χ0) is 14.1. The van der Waals surface area contributed by atoms with E-state index in [4.69, 9.17) is 15.2 Å². The number of carbonyl (C=O) groups is 1. The standard InChI is InChI=1S/C14H28N2O3/c1-12-5-3-6-14(15,11-12)13(17)16-7-4-8-19-10-9-18-2/h12H,3-11,15H2,1-2H3,(H,16,17). The van der Waals surface area contributed by atoms with Crippen molar-refractivity contribution >= 4 is 5.91 Å². The van der Waals surface area contributed by atoms with Gasteiger partial charge in [-0.3, -0.25) is 4.79 Å². The maximum absolute atomic E-state index is 12.1. The number of hydrogen-bond acceptors (Lipinski definition) is 4. The lowest BCUT2D eigenvalue weighted by Gasteiger charge is -2.35. The Morgan fingerprint density at radius 2 is 2.21 bits per heavy atom. The van der Waals surface area contributed by atoms with Crippen molar-refractivity contribution in [3.05, 3.63) is 0 Å². The maximum atomic E-state index is 12.1. The molecule has 0 aromatic rings. The van der Waals surface area contributed by atoms with Gasteiger partial charge in [0, 0.05) is 20.3 Å². The Labute approximate surface area is 116 Å². The molecule has 2 atom stereocenters. The summed E-state index contributed by atoms with van der Waals surface area (Å²) in [6.07, 6.45) is 4.63. The molecule has 0 saturated heterocycles. The van der Waals surface area contributed by atoms with Crippen LogP contribution < -0.4 is 11.1 Å². The van der Waals surface area contributed by atoms with Crippen molar-refractivity contribution in [2.45, 2.75) is 44.6 Å². The molecule has 1 aliphatic carbocycles. The van der Waals surface area contributed by atoms with Crippen LogP contribution in [0.25, 0.3) is 0 Å². The number of methoxy groups -OCH3 is 1. The third kappa shape index (κ3) is 5.89. The van der Waals surface area contributed by atoms with Crippen molar-refractivity contribution in [2.24, 2.45) is 11.7 Å². The summed E-state index contributed by atoms with van der Waals surface area (Å²) in [5, 5.41) is 2.93. The van der Waals surface area contributed by atoms with E-state index in [-0.39, 0.29) is 5.91 Å². The van der Waals surface area contributed by atoms with E-state index in [0.717, 1.165) is 25.7 Å². The molecule has 3 N–H and O–H groups in total. The van der Waals surface area contributed by atoms with E-state index in [1.54, 1.807) is 7.11 Å². The van der Waals surface area contributed by atoms with Gasteiger partial charge in [0.25, 0.3) is 0 Å². The van der Waals surface area contributed by atoms with Crippen LogP contribution in [0.15, 0.2) is 0 Å². The SMILES string of the molecule is COCCOCCCNC(=O)C1(N)CCCC(C)C1. The lowest BCUT2D eigenvalue weighted by Crippen LogP contribution is -2.56. The molecule has 0 aliphatic heterocycles. The van der Waals surface area contributed by atoms with Crippen molar-refractivity contribution in [3.8, 4) is 0 Å². The second-order valence-corrected chi connectivity index (χ2v) is 5.57. The molecule has 0 heterocycles. The minimum atomic E-state index is -0.658. The van der Waals surface area contributed by atoms with Crippen LogP contribution in [0, 0.1) is 5.92 Å². The molecule has 1 amide bonds. The lowest BCUT2D eigenvalue weighted by atomic mass is 9.76. The van der Waals surface area contributed by atoms with Crippen molar-refractivity contribution in [1.82, 2.24) is 5.32 Å². The monoisotopic (exact) mass is 272 g/mol. The third-order valence-electron chi connectivity index (χ3n) is 3.67. The van der Waals surface area contributed by atoms with Gasteiger partial charge in [-0.05, 0) is 25.2 Å². The molecule has 2 unspecified atom stereocenters. The van der Waals surface area contributed by atoms with E-state index in [0.29, 0.717) is 32.3 Å². The van der Waals surface area contributed by atoms with Crippen molar-refractivity contribution in [3.63, 3.8) is 0 Å². The molecule has 0 radical (unpaired) electrons. The molecule has 1 saturated carbocycles. The smallest absolute Gasteiger partial charge is 0.240 e. The fourth-order valence-electron chi connectivity index (χ4n) is 2.59. The van der Waals surface area contributed by atoms with Crippen LogP contribution in [0.1, 0.15) is 39.0 Å². The molecule has 5 heteroatoms. The summed E-state index contributed by atoms with van der Waals surface area (Å²) < 4.78 is 10.2. The number of nitrogens with one attached hydrogen (secondary N) is 1. The van der Waals surface area contributed by atoms with E-state index in [1.807, 2.05) is 0 Å². The summed E-state index contributed by atoms with van der Waals surface area (Å²) in [5.74, 6) is 0.540. The Balaban J connectivity index is 2.13. The van der Waals surface area contributed by atoms with E-state index >= 15 is 0 Å². The summed E-state index contributed by atoms with van der Waals surface area (Å²) in [6.45, 7) is 4.63. The Morgan fingerprint density at radius 3 is 2.89 bits per heavy atom. The molecule has 1 rings (SSSR count). The summed E-state index contributed by atoms with van der Waals surface area (Å²) in [4.78, 5) is 12.1. The van der Waals surface area contributed by atoms with Gasteiger partial charge in [-0.2, -0.15) is 0 Å². The van der Waals surface area contributed by atoms with Crippen LogP contribution >= 0.6 is 0 Å². The number of hydrogen-bond donors (Lipinski definition) is 2. The molecule has 112 valence electrons. The average Bonchev–Trinajstić information content (AvgIpc) is 2.37. The first-order valence-corrected chi connectivity index (χ1v) is 7.22. The lowest BCUT2D eigenvalue weighted by molar-refractivity contribution is -0.128. The summed E-state index contributed by atoms with van der Waals surface area (Å²) in [5.41, 5.74) is 5.56. The van der Waals surface area contributed by atoms with Crippen LogP contribution in [0.2, 0.25) is 0 Å². The highest BCUT2D eigenvalue weighted by Gasteiger charge is 2.37. The van der Waals surface area contributed by atoms with Crippen molar-refractivity contribution < 1.29 is 14.3 Å². The highest BCUT2D eigenvalue weighted by molar-refractivity contribution is 5.86. The molecular weight excluding hydrogens is 244 g/mol. The van der Waals surface area contributed by atoms with Crippen LogP contribution in [-0.4, -0.2) is 44.9 Å². The van der Waals surface area contributed by atoms with Gasteiger partial charge < -0.3 is 20.5 Å². The normalized spacial score (nSPS) is 27.2. The number of ether oxygens (including phenoxy) is 2. The van der Waals surface area contributed by atoms with Crippen LogP contribution in [0.3, 0.4) is 0 Å². The molecule has 0 bridgehead atoms. The van der Waals surface area contributed by atoms with Gasteiger partial charge in [-0.25, -0.2) is 0 Å². The second kappa shape index (κ2) is 8.51. The van der Waals surface area contributed by atoms with E-state index < -0.39 is 5.54 Å². The minimum Gasteiger partial charge on any atom is -0.382 e. The average molecular weight is 272 g/mol. The zero-order valence-electron chi connectivity index (χ0n) is 12.2. The topological polar surface area (TPSA) is 73.6 Å². The number of carbonyl (C=O) groups excluding carboxylic acids is 1. The predicted octanol–water partition coefficient (Wildman–Crippen LogP) is 1.06. The van der Waals surface area contributed by atoms with Crippen LogP contribution in [0.4, 0.5) is 0 Å². The summed E-state index contributed by atoms with van der Waals surface area (Å²) >= 11 is 0. The van der Waals surface area contributed by atoms with E-state index in [1.165, 1.54) is 6.42 Å². The minimum absolute atomic E-state index is 0.00376. The van der Waals surface area contributed by atoms with Gasteiger partial charge in [0.05, 0.1) is 18.8 Å². The molecule has 0 aromatic heterocycles. The molecule has 1 aliphatic rings. The molecule has 0 aromatic carbocycles. The molecule has 5 nitrogen and oxygen atoms in total. The first-order valence-electron chi connectivity index (χ1n) is 7.22. The maximum Gasteiger partial charge on any atom is 0.240 e. The molecule has 0 spiro atoms. The highest BCUT2D eigenvalue weighted by atomic mass is 16.5.